The Bertz CT molecular complexity index is 2830. The Morgan fingerprint density at radius 3 is 2.59 bits per heavy atom. The number of nitrogens with one attached hydrogen (secondary N) is 3. The standard InChI is InChI=1S/C60H70N4O6/c1-70-52-25-38-11-13-53(68)60(20-14-35(45(38)32-51(52)67)10-12-41(65)28-44(39-16-22-62-55(61)27-39)37-9-8-34-6-2-3-7-36(34)24-37)21-15-40(26-54(60)69)48-31-47-56-49(59(48)18-4-5-19-59)33-64-50-30-42(66)29-46(57(50)56)43-17-23-63-58(43)47/h2-3,6-9,16-17,23-25,27,32,35,40-41,44,46-50,54,56-57,62-65,67,69H,4-5,10-13,15,18-19,21-22,26,28-31,33,61H2,1H3. The number of hydrogen-bond donors (Lipinski definition) is 7. The van der Waals surface area contributed by atoms with Crippen molar-refractivity contribution in [2.45, 2.75) is 138 Å². The van der Waals surface area contributed by atoms with Crippen molar-refractivity contribution in [1.29, 1.82) is 0 Å². The van der Waals surface area contributed by atoms with E-state index < -0.39 is 23.5 Å². The first-order chi connectivity index (χ1) is 34.0. The van der Waals surface area contributed by atoms with Crippen LogP contribution in [0.2, 0.25) is 0 Å². The number of aromatic hydroxyl groups is 1. The van der Waals surface area contributed by atoms with Gasteiger partial charge in [-0.3, -0.25) is 9.59 Å². The number of carbonyl (C=O) groups excluding carboxylic acids is 2. The van der Waals surface area contributed by atoms with Crippen LogP contribution in [0.25, 0.3) is 10.8 Å². The molecule has 5 fully saturated rings. The molecule has 10 heteroatoms. The molecule has 3 aromatic carbocycles. The molecule has 6 aliphatic carbocycles. The lowest BCUT2D eigenvalue weighted by Crippen LogP contribution is -2.65. The van der Waals surface area contributed by atoms with Crippen molar-refractivity contribution in [2.75, 3.05) is 20.2 Å². The average Bonchev–Trinajstić information content (AvgIpc) is 4.07. The van der Waals surface area contributed by atoms with Gasteiger partial charge in [-0.05, 0) is 175 Å². The van der Waals surface area contributed by atoms with E-state index in [0.717, 1.165) is 52.4 Å². The van der Waals surface area contributed by atoms with Gasteiger partial charge in [0.2, 0.25) is 0 Å². The second-order valence-electron chi connectivity index (χ2n) is 22.9. The van der Waals surface area contributed by atoms with Crippen LogP contribution in [-0.2, 0) is 16.0 Å². The average molecular weight is 943 g/mol. The lowest BCUT2D eigenvalue weighted by atomic mass is 9.41. The number of ether oxygens (including phenoxy) is 1. The molecule has 366 valence electrons. The van der Waals surface area contributed by atoms with Crippen molar-refractivity contribution in [3.05, 3.63) is 118 Å². The van der Waals surface area contributed by atoms with Crippen LogP contribution in [0.4, 0.5) is 0 Å². The first-order valence-electron chi connectivity index (χ1n) is 26.7. The fraction of sp³-hybridized carbons (Fsp3) is 0.533. The van der Waals surface area contributed by atoms with Crippen LogP contribution >= 0.6 is 0 Å². The van der Waals surface area contributed by atoms with Crippen LogP contribution < -0.4 is 21.1 Å². The summed E-state index contributed by atoms with van der Waals surface area (Å²) in [5, 5.41) is 45.5. The summed E-state index contributed by atoms with van der Waals surface area (Å²) in [7, 11) is 1.54. The molecule has 1 saturated heterocycles. The number of benzene rings is 3. The lowest BCUT2D eigenvalue weighted by Gasteiger charge is -2.65. The minimum absolute atomic E-state index is 0.00608. The Labute approximate surface area is 412 Å². The topological polar surface area (TPSA) is 170 Å². The van der Waals surface area contributed by atoms with Crippen molar-refractivity contribution < 1.29 is 29.6 Å². The summed E-state index contributed by atoms with van der Waals surface area (Å²) in [4.78, 5) is 31.7. The van der Waals surface area contributed by atoms with Crippen LogP contribution in [0.1, 0.15) is 142 Å². The number of phenolic OH excluding ortho intramolecular Hbond substituents is 1. The van der Waals surface area contributed by atoms with E-state index in [0.29, 0.717) is 105 Å². The normalized spacial score (nSPS) is 33.8. The number of aliphatic hydroxyl groups is 2. The van der Waals surface area contributed by atoms with Crippen LogP contribution in [0.5, 0.6) is 11.5 Å². The smallest absolute Gasteiger partial charge is 0.160 e. The van der Waals surface area contributed by atoms with Crippen LogP contribution in [0, 0.1) is 52.3 Å². The molecule has 8 N–H and O–H groups in total. The molecule has 2 aliphatic heterocycles. The first-order valence-corrected chi connectivity index (χ1v) is 26.7. The number of aromatic nitrogens is 1. The number of hydrogen-bond acceptors (Lipinski definition) is 9. The highest BCUT2D eigenvalue weighted by atomic mass is 16.5. The molecular formula is C60H70N4O6. The molecule has 70 heavy (non-hydrogen) atoms. The minimum atomic E-state index is -1.20. The maximum Gasteiger partial charge on any atom is 0.160 e. The fourth-order valence-corrected chi connectivity index (χ4v) is 16.6. The number of aromatic amines is 1. The highest BCUT2D eigenvalue weighted by Gasteiger charge is 2.65. The molecule has 4 aromatic rings. The summed E-state index contributed by atoms with van der Waals surface area (Å²) in [6, 6.07) is 20.9. The number of piperidine rings is 1. The van der Waals surface area contributed by atoms with E-state index in [2.05, 4.69) is 76.1 Å². The van der Waals surface area contributed by atoms with Crippen molar-refractivity contribution >= 4 is 22.3 Å². The summed E-state index contributed by atoms with van der Waals surface area (Å²) in [6.45, 7) is 1.58. The molecule has 13 atom stereocenters. The van der Waals surface area contributed by atoms with Crippen LogP contribution in [0.3, 0.4) is 0 Å². The third kappa shape index (κ3) is 7.63. The van der Waals surface area contributed by atoms with Gasteiger partial charge >= 0.3 is 0 Å². The zero-order valence-electron chi connectivity index (χ0n) is 40.6. The molecule has 0 amide bonds. The SMILES string of the molecule is COc1cc2c(cc1O)C(CCC(O)CC(C1=CCNC(N)=C1)c1ccc3ccccc3c1)C#CC1(CCC(C3CC4c5[nH]ccc5C5CC(=O)CC6NCC(C4C65)C34CCCC4)CC1O)C(=O)CC2. The molecular weight excluding hydrogens is 873 g/mol. The zero-order chi connectivity index (χ0) is 47.9. The number of aryl methyl sites for hydroxylation is 1. The van der Waals surface area contributed by atoms with E-state index in [1.807, 2.05) is 24.3 Å². The minimum Gasteiger partial charge on any atom is -0.504 e. The quantitative estimate of drug-likeness (QED) is 0.0811. The summed E-state index contributed by atoms with van der Waals surface area (Å²) in [5.74, 6) is 10.9. The van der Waals surface area contributed by atoms with E-state index in [9.17, 15) is 24.9 Å². The summed E-state index contributed by atoms with van der Waals surface area (Å²) < 4.78 is 5.59. The number of allylic oxidation sites excluding steroid dienone is 2. The number of Topliss-reactive ketones (excluding diaryl/α,β-unsaturated/α-hetero) is 2. The molecule has 2 spiro atoms. The van der Waals surface area contributed by atoms with Gasteiger partial charge < -0.3 is 41.4 Å². The second-order valence-corrected chi connectivity index (χ2v) is 22.9. The highest BCUT2D eigenvalue weighted by Crippen LogP contribution is 2.70. The largest absolute Gasteiger partial charge is 0.504 e. The van der Waals surface area contributed by atoms with Crippen molar-refractivity contribution in [1.82, 2.24) is 15.6 Å². The van der Waals surface area contributed by atoms with Gasteiger partial charge in [0.25, 0.3) is 0 Å². The van der Waals surface area contributed by atoms with Crippen LogP contribution in [0.15, 0.2) is 90.4 Å². The van der Waals surface area contributed by atoms with Gasteiger partial charge in [-0.25, -0.2) is 0 Å². The van der Waals surface area contributed by atoms with Gasteiger partial charge in [0.05, 0.1) is 25.1 Å². The predicted molar refractivity (Wildman–Crippen MR) is 271 cm³/mol. The van der Waals surface area contributed by atoms with Gasteiger partial charge in [0.1, 0.15) is 11.2 Å². The third-order valence-corrected chi connectivity index (χ3v) is 19.7. The number of methoxy groups -OCH3 is 1. The number of dihydropyridines is 1. The molecule has 10 nitrogen and oxygen atoms in total. The van der Waals surface area contributed by atoms with E-state index in [1.165, 1.54) is 44.1 Å². The van der Waals surface area contributed by atoms with Gasteiger partial charge in [-0.1, -0.05) is 73.2 Å². The van der Waals surface area contributed by atoms with E-state index >= 15 is 0 Å². The van der Waals surface area contributed by atoms with E-state index in [1.54, 1.807) is 6.07 Å². The number of carbonyl (C=O) groups is 2. The Hall–Kier alpha value is -5.34. The van der Waals surface area contributed by atoms with Crippen molar-refractivity contribution in [3.8, 4) is 23.3 Å². The number of ketones is 2. The Morgan fingerprint density at radius 1 is 0.929 bits per heavy atom. The van der Waals surface area contributed by atoms with E-state index in [4.69, 9.17) is 10.5 Å². The van der Waals surface area contributed by atoms with Crippen molar-refractivity contribution in [2.24, 2.45) is 46.2 Å². The molecule has 1 aromatic heterocycles. The Balaban J connectivity index is 0.833. The maximum atomic E-state index is 14.9. The predicted octanol–water partition coefficient (Wildman–Crippen LogP) is 8.92. The number of rotatable bonds is 9. The monoisotopic (exact) mass is 943 g/mol. The number of nitrogens with two attached hydrogens (primary N) is 1. The molecule has 13 unspecified atom stereocenters. The Kier molecular flexibility index (Phi) is 11.8. The summed E-state index contributed by atoms with van der Waals surface area (Å²) >= 11 is 0. The Morgan fingerprint density at radius 2 is 1.77 bits per heavy atom. The summed E-state index contributed by atoms with van der Waals surface area (Å²) in [5.41, 5.74) is 11.9. The second kappa shape index (κ2) is 18.1. The summed E-state index contributed by atoms with van der Waals surface area (Å²) in [6.07, 6.45) is 15.9. The number of aliphatic hydroxyl groups excluding tert-OH is 2. The molecule has 0 radical (unpaired) electrons. The van der Waals surface area contributed by atoms with Gasteiger partial charge in [0.15, 0.2) is 17.3 Å². The number of phenols is 1. The van der Waals surface area contributed by atoms with Gasteiger partial charge in [0, 0.05) is 61.5 Å². The van der Waals surface area contributed by atoms with Gasteiger partial charge in [-0.15, -0.1) is 0 Å². The molecule has 3 heterocycles. The van der Waals surface area contributed by atoms with Crippen LogP contribution in [-0.4, -0.2) is 70.3 Å². The number of fused-ring (bicyclic) bond motifs is 6. The molecule has 0 bridgehead atoms. The molecule has 4 saturated carbocycles. The number of H-pyrrole nitrogens is 1. The highest BCUT2D eigenvalue weighted by molar-refractivity contribution is 5.89. The zero-order valence-corrected chi connectivity index (χ0v) is 40.6. The van der Waals surface area contributed by atoms with Crippen molar-refractivity contribution in [3.63, 3.8) is 0 Å². The fourth-order valence-electron chi connectivity index (χ4n) is 16.6. The maximum absolute atomic E-state index is 14.9. The first kappa shape index (κ1) is 45.8. The molecule has 12 rings (SSSR count). The van der Waals surface area contributed by atoms with Gasteiger partial charge in [-0.2, -0.15) is 0 Å². The lowest BCUT2D eigenvalue weighted by molar-refractivity contribution is -0.145. The molecule has 8 aliphatic rings. The van der Waals surface area contributed by atoms with E-state index in [-0.39, 0.29) is 47.2 Å². The third-order valence-electron chi connectivity index (χ3n) is 19.7.